The van der Waals surface area contributed by atoms with E-state index in [0.29, 0.717) is 5.69 Å². The molecule has 0 spiro atoms. The fourth-order valence-corrected chi connectivity index (χ4v) is 1.93. The summed E-state index contributed by atoms with van der Waals surface area (Å²) in [5, 5.41) is 8.61. The minimum Gasteiger partial charge on any atom is -0.310 e. The molecule has 1 aliphatic carbocycles. The molecule has 0 saturated heterocycles. The molecule has 0 fully saturated rings. The van der Waals surface area contributed by atoms with E-state index in [2.05, 4.69) is 9.97 Å². The van der Waals surface area contributed by atoms with Crippen LogP contribution in [0.1, 0.15) is 29.8 Å². The topological polar surface area (TPSA) is 69.5 Å². The van der Waals surface area contributed by atoms with Gasteiger partial charge in [-0.05, 0) is 31.2 Å². The zero-order valence-electron chi connectivity index (χ0n) is 7.84. The summed E-state index contributed by atoms with van der Waals surface area (Å²) in [6.07, 6.45) is 4.33. The van der Waals surface area contributed by atoms with Gasteiger partial charge in [0.1, 0.15) is 0 Å². The Labute approximate surface area is 81.6 Å². The number of nitriles is 1. The van der Waals surface area contributed by atoms with Crippen molar-refractivity contribution in [2.24, 2.45) is 0 Å². The van der Waals surface area contributed by atoms with Crippen LogP contribution in [0.25, 0.3) is 0 Å². The molecule has 2 rings (SSSR count). The lowest BCUT2D eigenvalue weighted by Gasteiger charge is -2.16. The van der Waals surface area contributed by atoms with Gasteiger partial charge in [0.2, 0.25) is 0 Å². The smallest absolute Gasteiger partial charge is 0.310 e. The molecule has 0 atom stereocenters. The second kappa shape index (κ2) is 3.62. The van der Waals surface area contributed by atoms with Gasteiger partial charge in [0.15, 0.2) is 0 Å². The standard InChI is InChI=1S/C10H11N3O/c11-6-5-9-7-3-1-2-4-8(7)12-10(14)13-9/h1-5H2,(H,12,13,14). The number of hydrogen-bond donors (Lipinski definition) is 1. The SMILES string of the molecule is N#CCc1nc(=O)[nH]c2c1CCCC2. The molecule has 1 N–H and O–H groups in total. The first kappa shape index (κ1) is 8.95. The molecule has 0 unspecified atom stereocenters. The molecule has 14 heavy (non-hydrogen) atoms. The Bertz CT molecular complexity index is 442. The molecular formula is C10H11N3O. The minimum absolute atomic E-state index is 0.242. The van der Waals surface area contributed by atoms with Gasteiger partial charge >= 0.3 is 5.69 Å². The zero-order chi connectivity index (χ0) is 9.97. The third-order valence-electron chi connectivity index (χ3n) is 2.56. The molecule has 0 amide bonds. The van der Waals surface area contributed by atoms with Crippen LogP contribution in [0.3, 0.4) is 0 Å². The van der Waals surface area contributed by atoms with E-state index in [1.807, 2.05) is 6.07 Å². The molecule has 0 aliphatic heterocycles. The Morgan fingerprint density at radius 3 is 3.00 bits per heavy atom. The maximum absolute atomic E-state index is 11.2. The van der Waals surface area contributed by atoms with E-state index < -0.39 is 0 Å². The maximum Gasteiger partial charge on any atom is 0.345 e. The van der Waals surface area contributed by atoms with Crippen LogP contribution in [0.5, 0.6) is 0 Å². The zero-order valence-corrected chi connectivity index (χ0v) is 7.84. The predicted molar refractivity (Wildman–Crippen MR) is 50.8 cm³/mol. The monoisotopic (exact) mass is 189 g/mol. The Balaban J connectivity index is 2.53. The van der Waals surface area contributed by atoms with Gasteiger partial charge in [0, 0.05) is 5.69 Å². The summed E-state index contributed by atoms with van der Waals surface area (Å²) in [4.78, 5) is 17.8. The normalized spacial score (nSPS) is 14.5. The Morgan fingerprint density at radius 1 is 1.43 bits per heavy atom. The van der Waals surface area contributed by atoms with Crippen LogP contribution in [-0.4, -0.2) is 9.97 Å². The molecule has 1 aliphatic rings. The number of fused-ring (bicyclic) bond motifs is 1. The first-order valence-electron chi connectivity index (χ1n) is 4.79. The van der Waals surface area contributed by atoms with E-state index >= 15 is 0 Å². The Hall–Kier alpha value is -1.63. The lowest BCUT2D eigenvalue weighted by Crippen LogP contribution is -2.21. The lowest BCUT2D eigenvalue weighted by molar-refractivity contribution is 0.649. The molecule has 0 bridgehead atoms. The molecule has 0 radical (unpaired) electrons. The van der Waals surface area contributed by atoms with Crippen molar-refractivity contribution in [2.75, 3.05) is 0 Å². The van der Waals surface area contributed by atoms with Crippen LogP contribution in [-0.2, 0) is 19.3 Å². The third-order valence-corrected chi connectivity index (χ3v) is 2.56. The molecule has 0 saturated carbocycles. The van der Waals surface area contributed by atoms with E-state index in [9.17, 15) is 4.79 Å². The minimum atomic E-state index is -0.323. The number of aromatic amines is 1. The number of hydrogen-bond acceptors (Lipinski definition) is 3. The number of aryl methyl sites for hydroxylation is 1. The lowest BCUT2D eigenvalue weighted by atomic mass is 9.94. The van der Waals surface area contributed by atoms with Crippen molar-refractivity contribution in [1.82, 2.24) is 9.97 Å². The number of nitrogens with one attached hydrogen (secondary N) is 1. The molecule has 4 heteroatoms. The largest absolute Gasteiger partial charge is 0.345 e. The number of nitrogens with zero attached hydrogens (tertiary/aromatic N) is 2. The molecule has 1 aromatic rings. The van der Waals surface area contributed by atoms with Gasteiger partial charge in [-0.1, -0.05) is 0 Å². The third kappa shape index (κ3) is 1.53. The highest BCUT2D eigenvalue weighted by Crippen LogP contribution is 2.20. The van der Waals surface area contributed by atoms with Crippen LogP contribution in [0.4, 0.5) is 0 Å². The van der Waals surface area contributed by atoms with Crippen molar-refractivity contribution in [1.29, 1.82) is 5.26 Å². The number of aromatic nitrogens is 2. The van der Waals surface area contributed by atoms with E-state index in [0.717, 1.165) is 36.9 Å². The first-order chi connectivity index (χ1) is 6.81. The summed E-state index contributed by atoms with van der Waals surface area (Å²) in [7, 11) is 0. The van der Waals surface area contributed by atoms with E-state index in [1.54, 1.807) is 0 Å². The van der Waals surface area contributed by atoms with Gasteiger partial charge in [-0.2, -0.15) is 10.2 Å². The van der Waals surface area contributed by atoms with Crippen LogP contribution < -0.4 is 5.69 Å². The average Bonchev–Trinajstić information content (AvgIpc) is 2.18. The van der Waals surface area contributed by atoms with Crippen LogP contribution in [0, 0.1) is 11.3 Å². The quantitative estimate of drug-likeness (QED) is 0.707. The summed E-state index contributed by atoms with van der Waals surface area (Å²) in [5.74, 6) is 0. The van der Waals surface area contributed by atoms with Crippen molar-refractivity contribution >= 4 is 0 Å². The van der Waals surface area contributed by atoms with E-state index in [-0.39, 0.29) is 12.1 Å². The van der Waals surface area contributed by atoms with E-state index in [1.165, 1.54) is 0 Å². The highest BCUT2D eigenvalue weighted by Gasteiger charge is 2.15. The van der Waals surface area contributed by atoms with Gasteiger partial charge in [-0.3, -0.25) is 0 Å². The van der Waals surface area contributed by atoms with Gasteiger partial charge in [0.05, 0.1) is 18.2 Å². The highest BCUT2D eigenvalue weighted by molar-refractivity contribution is 5.28. The van der Waals surface area contributed by atoms with Crippen molar-refractivity contribution in [2.45, 2.75) is 32.1 Å². The fourth-order valence-electron chi connectivity index (χ4n) is 1.93. The maximum atomic E-state index is 11.2. The summed E-state index contributed by atoms with van der Waals surface area (Å²) >= 11 is 0. The predicted octanol–water partition coefficient (Wildman–Crippen LogP) is 0.715. The summed E-state index contributed by atoms with van der Waals surface area (Å²) in [6, 6.07) is 2.05. The van der Waals surface area contributed by atoms with Gasteiger partial charge in [0.25, 0.3) is 0 Å². The summed E-state index contributed by atoms with van der Waals surface area (Å²) in [5.41, 5.74) is 2.43. The highest BCUT2D eigenvalue weighted by atomic mass is 16.1. The van der Waals surface area contributed by atoms with Crippen molar-refractivity contribution in [3.63, 3.8) is 0 Å². The first-order valence-corrected chi connectivity index (χ1v) is 4.79. The summed E-state index contributed by atoms with van der Waals surface area (Å²) < 4.78 is 0. The molecule has 1 aromatic heterocycles. The molecule has 72 valence electrons. The van der Waals surface area contributed by atoms with Crippen molar-refractivity contribution in [3.8, 4) is 6.07 Å². The van der Waals surface area contributed by atoms with Gasteiger partial charge < -0.3 is 4.98 Å². The van der Waals surface area contributed by atoms with Gasteiger partial charge in [-0.15, -0.1) is 0 Å². The molecule has 0 aromatic carbocycles. The average molecular weight is 189 g/mol. The van der Waals surface area contributed by atoms with Crippen molar-refractivity contribution < 1.29 is 0 Å². The van der Waals surface area contributed by atoms with Crippen molar-refractivity contribution in [3.05, 3.63) is 27.4 Å². The Morgan fingerprint density at radius 2 is 2.21 bits per heavy atom. The second-order valence-corrected chi connectivity index (χ2v) is 3.49. The van der Waals surface area contributed by atoms with Gasteiger partial charge in [-0.25, -0.2) is 4.79 Å². The molecule has 4 nitrogen and oxygen atoms in total. The second-order valence-electron chi connectivity index (χ2n) is 3.49. The number of H-pyrrole nitrogens is 1. The fraction of sp³-hybridized carbons (Fsp3) is 0.500. The molecular weight excluding hydrogens is 178 g/mol. The molecule has 1 heterocycles. The Kier molecular flexibility index (Phi) is 2.32. The summed E-state index contributed by atoms with van der Waals surface area (Å²) in [6.45, 7) is 0. The number of rotatable bonds is 1. The van der Waals surface area contributed by atoms with E-state index in [4.69, 9.17) is 5.26 Å². The van der Waals surface area contributed by atoms with Crippen LogP contribution in [0.15, 0.2) is 4.79 Å². The van der Waals surface area contributed by atoms with Crippen LogP contribution in [0.2, 0.25) is 0 Å². The van der Waals surface area contributed by atoms with Crippen LogP contribution >= 0.6 is 0 Å².